The van der Waals surface area contributed by atoms with Crippen LogP contribution in [0, 0.1) is 17.8 Å². The number of carbonyl (C=O) groups excluding carboxylic acids is 3. The highest BCUT2D eigenvalue weighted by Gasteiger charge is 2.40. The van der Waals surface area contributed by atoms with E-state index < -0.39 is 17.9 Å². The lowest BCUT2D eigenvalue weighted by Crippen LogP contribution is -2.46. The molecule has 3 amide bonds. The number of amides is 3. The number of carboxylic acids is 1. The number of nitrogens with zero attached hydrogens (tertiary/aromatic N) is 1. The Labute approximate surface area is 198 Å². The van der Waals surface area contributed by atoms with Crippen molar-refractivity contribution in [3.05, 3.63) is 12.7 Å². The van der Waals surface area contributed by atoms with Crippen molar-refractivity contribution in [3.8, 4) is 0 Å². The Balaban J connectivity index is 0.000000457. The molecule has 9 heteroatoms. The van der Waals surface area contributed by atoms with Gasteiger partial charge in [-0.1, -0.05) is 39.7 Å². The van der Waals surface area contributed by atoms with Crippen molar-refractivity contribution in [3.63, 3.8) is 0 Å². The van der Waals surface area contributed by atoms with Crippen molar-refractivity contribution in [2.45, 2.75) is 77.9 Å². The zero-order chi connectivity index (χ0) is 25.4. The highest BCUT2D eigenvalue weighted by atomic mass is 16.5. The van der Waals surface area contributed by atoms with Crippen molar-refractivity contribution in [2.24, 2.45) is 23.5 Å². The molecule has 1 aliphatic heterocycles. The molecule has 190 valence electrons. The lowest BCUT2D eigenvalue weighted by molar-refractivity contribution is -0.138. The van der Waals surface area contributed by atoms with Crippen LogP contribution in [0.5, 0.6) is 0 Å². The minimum absolute atomic E-state index is 0.0761. The van der Waals surface area contributed by atoms with E-state index in [1.807, 2.05) is 0 Å². The number of carbonyl (C=O) groups is 4. The molecule has 0 aromatic heterocycles. The molecular weight excluding hydrogens is 426 g/mol. The summed E-state index contributed by atoms with van der Waals surface area (Å²) in [6.45, 7) is 10.5. The van der Waals surface area contributed by atoms with E-state index in [4.69, 9.17) is 15.6 Å². The molecule has 9 nitrogen and oxygen atoms in total. The summed E-state index contributed by atoms with van der Waals surface area (Å²) in [6, 6.07) is -0.504. The maximum atomic E-state index is 11.4. The summed E-state index contributed by atoms with van der Waals surface area (Å²) in [5, 5.41) is 10.6. The van der Waals surface area contributed by atoms with E-state index in [1.165, 1.54) is 30.6 Å². The fraction of sp³-hybridized carbons (Fsp3) is 0.750. The van der Waals surface area contributed by atoms with Gasteiger partial charge >= 0.3 is 5.97 Å². The molecular formula is C24H43N3O6. The van der Waals surface area contributed by atoms with Gasteiger partial charge in [-0.15, -0.1) is 6.58 Å². The summed E-state index contributed by atoms with van der Waals surface area (Å²) in [7, 11) is 1.80. The molecule has 2 aliphatic carbocycles. The second-order valence-electron chi connectivity index (χ2n) is 9.10. The topological polar surface area (TPSA) is 139 Å². The summed E-state index contributed by atoms with van der Waals surface area (Å²) >= 11 is 0. The smallest absolute Gasteiger partial charge is 0.307 e. The molecule has 1 heterocycles. The van der Waals surface area contributed by atoms with Crippen molar-refractivity contribution in [1.82, 2.24) is 10.2 Å². The fourth-order valence-corrected chi connectivity index (χ4v) is 3.47. The summed E-state index contributed by atoms with van der Waals surface area (Å²) in [5.41, 5.74) is 5.13. The quantitative estimate of drug-likeness (QED) is 0.386. The van der Waals surface area contributed by atoms with Crippen LogP contribution in [0.25, 0.3) is 0 Å². The molecule has 2 saturated carbocycles. The van der Waals surface area contributed by atoms with Crippen LogP contribution in [0.4, 0.5) is 0 Å². The number of nitrogens with one attached hydrogen (secondary N) is 1. The fourth-order valence-electron chi connectivity index (χ4n) is 3.47. The van der Waals surface area contributed by atoms with Crippen LogP contribution in [-0.2, 0) is 23.9 Å². The average Bonchev–Trinajstić information content (AvgIpc) is 3.15. The number of primary amides is 1. The maximum absolute atomic E-state index is 11.4. The molecule has 0 radical (unpaired) electrons. The van der Waals surface area contributed by atoms with Gasteiger partial charge in [0.15, 0.2) is 0 Å². The number of hydrogen-bond donors (Lipinski definition) is 3. The second-order valence-corrected chi connectivity index (χ2v) is 9.10. The second kappa shape index (κ2) is 17.1. The molecule has 33 heavy (non-hydrogen) atoms. The van der Waals surface area contributed by atoms with Gasteiger partial charge in [-0.3, -0.25) is 19.2 Å². The number of likely N-dealkylation sites (tertiary alicyclic amines) is 1. The third-order valence-electron chi connectivity index (χ3n) is 5.33. The molecule has 0 aromatic rings. The van der Waals surface area contributed by atoms with Crippen LogP contribution in [0.2, 0.25) is 0 Å². The van der Waals surface area contributed by atoms with Crippen LogP contribution < -0.4 is 11.1 Å². The van der Waals surface area contributed by atoms with Crippen LogP contribution >= 0.6 is 0 Å². The van der Waals surface area contributed by atoms with Gasteiger partial charge in [-0.2, -0.15) is 0 Å². The Morgan fingerprint density at radius 2 is 1.76 bits per heavy atom. The zero-order valence-corrected chi connectivity index (χ0v) is 20.6. The van der Waals surface area contributed by atoms with E-state index in [9.17, 15) is 19.2 Å². The van der Waals surface area contributed by atoms with Crippen molar-refractivity contribution in [1.29, 1.82) is 0 Å². The van der Waals surface area contributed by atoms with Gasteiger partial charge in [-0.05, 0) is 43.9 Å². The summed E-state index contributed by atoms with van der Waals surface area (Å²) in [4.78, 5) is 43.8. The maximum Gasteiger partial charge on any atom is 0.307 e. The average molecular weight is 470 g/mol. The lowest BCUT2D eigenvalue weighted by Gasteiger charge is -2.21. The van der Waals surface area contributed by atoms with Crippen LogP contribution in [-0.4, -0.2) is 66.5 Å². The van der Waals surface area contributed by atoms with Gasteiger partial charge in [-0.25, -0.2) is 0 Å². The minimum Gasteiger partial charge on any atom is -0.481 e. The normalized spacial score (nSPS) is 23.1. The lowest BCUT2D eigenvalue weighted by atomic mass is 10.2. The molecule has 0 aromatic carbocycles. The molecule has 3 unspecified atom stereocenters. The highest BCUT2D eigenvalue weighted by Crippen LogP contribution is 2.39. The standard InChI is InChI=1S/C8H13N3O3.C6H8O2.C6H12O.C4H10/c9-8(14)6-2-1-3-11(6)7(13)4-10-5-12;1-2-4-3-5(4)6(7)8;1-7-6-4-2-3-5-6;1-4(2)3/h5-6H,1-4H2,(H2,9,14)(H,10,12);2,4-5H,1,3H2,(H,7,8);6H,2-5H2,1H3;4H,1-3H3. The summed E-state index contributed by atoms with van der Waals surface area (Å²) < 4.78 is 5.11. The number of rotatable bonds is 7. The van der Waals surface area contributed by atoms with Crippen molar-refractivity contribution < 1.29 is 29.0 Å². The molecule has 3 atom stereocenters. The first-order chi connectivity index (χ1) is 15.6. The van der Waals surface area contributed by atoms with Crippen LogP contribution in [0.15, 0.2) is 12.7 Å². The predicted octanol–water partition coefficient (Wildman–Crippen LogP) is 2.34. The summed E-state index contributed by atoms with van der Waals surface area (Å²) in [5.74, 6) is -0.463. The van der Waals surface area contributed by atoms with Gasteiger partial charge in [0, 0.05) is 13.7 Å². The van der Waals surface area contributed by atoms with E-state index in [-0.39, 0.29) is 24.3 Å². The van der Waals surface area contributed by atoms with Crippen LogP contribution in [0.3, 0.4) is 0 Å². The van der Waals surface area contributed by atoms with E-state index in [2.05, 4.69) is 32.7 Å². The first-order valence-corrected chi connectivity index (χ1v) is 11.7. The molecule has 1 saturated heterocycles. The van der Waals surface area contributed by atoms with Crippen LogP contribution in [0.1, 0.15) is 65.7 Å². The SMILES string of the molecule is C=CC1CC1C(=O)O.CC(C)C.COC1CCCC1.NC(=O)C1CCCN1C(=O)CNC=O. The monoisotopic (exact) mass is 469 g/mol. The predicted molar refractivity (Wildman–Crippen MR) is 127 cm³/mol. The Bertz CT molecular complexity index is 617. The molecule has 3 rings (SSSR count). The van der Waals surface area contributed by atoms with E-state index in [0.717, 1.165) is 18.8 Å². The highest BCUT2D eigenvalue weighted by molar-refractivity contribution is 5.88. The summed E-state index contributed by atoms with van der Waals surface area (Å²) in [6.07, 6.45) is 10.3. The number of carboxylic acid groups (broad SMARTS) is 1. The Morgan fingerprint density at radius 1 is 1.18 bits per heavy atom. The first kappa shape index (κ1) is 30.6. The van der Waals surface area contributed by atoms with E-state index in [0.29, 0.717) is 25.5 Å². The molecule has 3 fully saturated rings. The number of allylic oxidation sites excluding steroid dienone is 1. The molecule has 0 bridgehead atoms. The van der Waals surface area contributed by atoms with Gasteiger partial charge in [0.2, 0.25) is 18.2 Å². The first-order valence-electron chi connectivity index (χ1n) is 11.7. The largest absolute Gasteiger partial charge is 0.481 e. The van der Waals surface area contributed by atoms with Crippen molar-refractivity contribution >= 4 is 24.2 Å². The Hall–Kier alpha value is -2.42. The molecule has 4 N–H and O–H groups in total. The van der Waals surface area contributed by atoms with Gasteiger partial charge in [0.25, 0.3) is 0 Å². The number of hydrogen-bond acceptors (Lipinski definition) is 5. The Kier molecular flexibility index (Phi) is 15.9. The molecule has 0 spiro atoms. The van der Waals surface area contributed by atoms with Gasteiger partial charge < -0.3 is 25.8 Å². The van der Waals surface area contributed by atoms with Gasteiger partial charge in [0.1, 0.15) is 6.04 Å². The van der Waals surface area contributed by atoms with E-state index >= 15 is 0 Å². The molecule has 3 aliphatic rings. The zero-order valence-electron chi connectivity index (χ0n) is 20.6. The number of methoxy groups -OCH3 is 1. The number of ether oxygens (including phenoxy) is 1. The third-order valence-corrected chi connectivity index (χ3v) is 5.33. The van der Waals surface area contributed by atoms with Gasteiger partial charge in [0.05, 0.1) is 18.6 Å². The minimum atomic E-state index is -0.685. The number of aliphatic carboxylic acids is 1. The Morgan fingerprint density at radius 3 is 2.09 bits per heavy atom. The number of nitrogens with two attached hydrogens (primary N) is 1. The third kappa shape index (κ3) is 13.7. The van der Waals surface area contributed by atoms with Crippen molar-refractivity contribution in [2.75, 3.05) is 20.2 Å². The van der Waals surface area contributed by atoms with E-state index in [1.54, 1.807) is 13.2 Å².